The van der Waals surface area contributed by atoms with Crippen LogP contribution in [-0.4, -0.2) is 44.7 Å². The second-order valence-electron chi connectivity index (χ2n) is 6.53. The Morgan fingerprint density at radius 3 is 2.60 bits per heavy atom. The first kappa shape index (κ1) is 13.9. The highest BCUT2D eigenvalue weighted by atomic mass is 15.2. The van der Waals surface area contributed by atoms with Gasteiger partial charge >= 0.3 is 0 Å². The third kappa shape index (κ3) is 3.15. The van der Waals surface area contributed by atoms with Crippen molar-refractivity contribution in [2.75, 3.05) is 44.7 Å². The third-order valence-electron chi connectivity index (χ3n) is 4.80. The Labute approximate surface area is 123 Å². The highest BCUT2D eigenvalue weighted by Crippen LogP contribution is 2.28. The molecule has 1 aromatic rings. The van der Waals surface area contributed by atoms with Crippen molar-refractivity contribution in [1.82, 2.24) is 10.2 Å². The van der Waals surface area contributed by atoms with Gasteiger partial charge in [-0.1, -0.05) is 19.1 Å². The molecule has 2 aliphatic rings. The molecule has 2 fully saturated rings. The normalized spacial score (nSPS) is 28.6. The van der Waals surface area contributed by atoms with Crippen molar-refractivity contribution < 1.29 is 0 Å². The summed E-state index contributed by atoms with van der Waals surface area (Å²) >= 11 is 0. The van der Waals surface area contributed by atoms with Gasteiger partial charge in [0.25, 0.3) is 0 Å². The van der Waals surface area contributed by atoms with Crippen LogP contribution in [0.1, 0.15) is 31.4 Å². The quantitative estimate of drug-likeness (QED) is 0.893. The summed E-state index contributed by atoms with van der Waals surface area (Å²) in [7, 11) is 2.21. The molecule has 2 unspecified atom stereocenters. The Hall–Kier alpha value is -1.06. The van der Waals surface area contributed by atoms with Gasteiger partial charge in [-0.05, 0) is 50.0 Å². The number of hydrogen-bond donors (Lipinski definition) is 1. The predicted molar refractivity (Wildman–Crippen MR) is 85.3 cm³/mol. The Balaban J connectivity index is 1.69. The van der Waals surface area contributed by atoms with E-state index in [9.17, 15) is 0 Å². The molecular formula is C17H27N3. The molecule has 0 aliphatic carbocycles. The molecule has 1 aromatic carbocycles. The maximum atomic E-state index is 3.70. The highest BCUT2D eigenvalue weighted by molar-refractivity contribution is 5.49. The molecule has 0 amide bonds. The van der Waals surface area contributed by atoms with Crippen LogP contribution in [0.4, 0.5) is 5.69 Å². The van der Waals surface area contributed by atoms with E-state index in [1.165, 1.54) is 37.2 Å². The van der Waals surface area contributed by atoms with Crippen LogP contribution in [0.25, 0.3) is 0 Å². The molecule has 20 heavy (non-hydrogen) atoms. The number of benzene rings is 1. The predicted octanol–water partition coefficient (Wildman–Crippen LogP) is 2.50. The molecule has 2 atom stereocenters. The molecule has 2 heterocycles. The molecule has 0 radical (unpaired) electrons. The lowest BCUT2D eigenvalue weighted by molar-refractivity contribution is 0.312. The minimum Gasteiger partial charge on any atom is -0.369 e. The van der Waals surface area contributed by atoms with E-state index in [1.54, 1.807) is 0 Å². The van der Waals surface area contributed by atoms with E-state index in [-0.39, 0.29) is 0 Å². The summed E-state index contributed by atoms with van der Waals surface area (Å²) in [6.45, 7) is 8.13. The molecule has 0 aromatic heterocycles. The van der Waals surface area contributed by atoms with Crippen LogP contribution in [0.3, 0.4) is 0 Å². The lowest BCUT2D eigenvalue weighted by Gasteiger charge is -2.35. The molecule has 0 spiro atoms. The van der Waals surface area contributed by atoms with Gasteiger partial charge in [0.05, 0.1) is 0 Å². The van der Waals surface area contributed by atoms with E-state index >= 15 is 0 Å². The van der Waals surface area contributed by atoms with Gasteiger partial charge in [-0.15, -0.1) is 0 Å². The topological polar surface area (TPSA) is 18.5 Å². The zero-order chi connectivity index (χ0) is 13.9. The van der Waals surface area contributed by atoms with E-state index in [2.05, 4.69) is 53.4 Å². The number of anilines is 1. The average Bonchev–Trinajstić information content (AvgIpc) is 2.49. The van der Waals surface area contributed by atoms with Crippen LogP contribution < -0.4 is 10.2 Å². The number of nitrogens with zero attached hydrogens (tertiary/aromatic N) is 2. The maximum Gasteiger partial charge on any atom is 0.0370 e. The molecule has 3 heteroatoms. The molecule has 110 valence electrons. The number of piperazine rings is 1. The maximum absolute atomic E-state index is 3.70. The second-order valence-corrected chi connectivity index (χ2v) is 6.53. The van der Waals surface area contributed by atoms with Crippen molar-refractivity contribution in [2.45, 2.75) is 25.8 Å². The van der Waals surface area contributed by atoms with Gasteiger partial charge in [0, 0.05) is 37.9 Å². The summed E-state index contributed by atoms with van der Waals surface area (Å²) in [4.78, 5) is 4.93. The summed E-state index contributed by atoms with van der Waals surface area (Å²) in [6.07, 6.45) is 2.61. The van der Waals surface area contributed by atoms with Gasteiger partial charge in [0.2, 0.25) is 0 Å². The Bertz CT molecular complexity index is 392. The molecule has 1 N–H and O–H groups in total. The molecule has 2 saturated heterocycles. The average molecular weight is 273 g/mol. The standard InChI is InChI=1S/C17H27N3/c1-14-6-7-17(18-13-14)15-4-3-5-16(12-15)20-10-8-19(2)9-11-20/h3-5,12,14,17-18H,6-11,13H2,1-2H3. The van der Waals surface area contributed by atoms with Crippen LogP contribution in [0, 0.1) is 5.92 Å². The largest absolute Gasteiger partial charge is 0.369 e. The first-order valence-corrected chi connectivity index (χ1v) is 7.99. The van der Waals surface area contributed by atoms with Crippen molar-refractivity contribution in [3.05, 3.63) is 29.8 Å². The van der Waals surface area contributed by atoms with E-state index in [4.69, 9.17) is 0 Å². The summed E-state index contributed by atoms with van der Waals surface area (Å²) in [5.41, 5.74) is 2.87. The van der Waals surface area contributed by atoms with Crippen molar-refractivity contribution in [3.63, 3.8) is 0 Å². The number of nitrogens with one attached hydrogen (secondary N) is 1. The fraction of sp³-hybridized carbons (Fsp3) is 0.647. The Morgan fingerprint density at radius 1 is 1.10 bits per heavy atom. The zero-order valence-corrected chi connectivity index (χ0v) is 12.8. The first-order chi connectivity index (χ1) is 9.72. The number of likely N-dealkylation sites (N-methyl/N-ethyl adjacent to an activating group) is 1. The van der Waals surface area contributed by atoms with Crippen molar-refractivity contribution in [1.29, 1.82) is 0 Å². The van der Waals surface area contributed by atoms with Crippen LogP contribution in [0.5, 0.6) is 0 Å². The monoisotopic (exact) mass is 273 g/mol. The minimum atomic E-state index is 0.554. The smallest absolute Gasteiger partial charge is 0.0370 e. The van der Waals surface area contributed by atoms with E-state index in [0.29, 0.717) is 6.04 Å². The van der Waals surface area contributed by atoms with Gasteiger partial charge in [0.15, 0.2) is 0 Å². The number of rotatable bonds is 2. The highest BCUT2D eigenvalue weighted by Gasteiger charge is 2.20. The van der Waals surface area contributed by atoms with Gasteiger partial charge < -0.3 is 15.1 Å². The molecule has 0 bridgehead atoms. The van der Waals surface area contributed by atoms with Crippen molar-refractivity contribution >= 4 is 5.69 Å². The van der Waals surface area contributed by atoms with Gasteiger partial charge in [-0.25, -0.2) is 0 Å². The van der Waals surface area contributed by atoms with Crippen molar-refractivity contribution in [3.8, 4) is 0 Å². The summed E-state index contributed by atoms with van der Waals surface area (Å²) in [5.74, 6) is 0.826. The lowest BCUT2D eigenvalue weighted by atomic mass is 9.92. The van der Waals surface area contributed by atoms with Crippen molar-refractivity contribution in [2.24, 2.45) is 5.92 Å². The zero-order valence-electron chi connectivity index (χ0n) is 12.8. The second kappa shape index (κ2) is 6.15. The Kier molecular flexibility index (Phi) is 4.27. The van der Waals surface area contributed by atoms with Crippen LogP contribution in [0.15, 0.2) is 24.3 Å². The van der Waals surface area contributed by atoms with E-state index < -0.39 is 0 Å². The minimum absolute atomic E-state index is 0.554. The van der Waals surface area contributed by atoms with E-state index in [0.717, 1.165) is 25.6 Å². The number of hydrogen-bond acceptors (Lipinski definition) is 3. The lowest BCUT2D eigenvalue weighted by Crippen LogP contribution is -2.44. The molecular weight excluding hydrogens is 246 g/mol. The summed E-state index contributed by atoms with van der Waals surface area (Å²) < 4.78 is 0. The number of piperidine rings is 1. The first-order valence-electron chi connectivity index (χ1n) is 7.99. The third-order valence-corrected chi connectivity index (χ3v) is 4.80. The summed E-state index contributed by atoms with van der Waals surface area (Å²) in [6, 6.07) is 9.73. The van der Waals surface area contributed by atoms with Crippen LogP contribution >= 0.6 is 0 Å². The van der Waals surface area contributed by atoms with E-state index in [1.807, 2.05) is 0 Å². The Morgan fingerprint density at radius 2 is 1.90 bits per heavy atom. The fourth-order valence-corrected chi connectivity index (χ4v) is 3.29. The van der Waals surface area contributed by atoms with Gasteiger partial charge in [0.1, 0.15) is 0 Å². The molecule has 0 saturated carbocycles. The van der Waals surface area contributed by atoms with Gasteiger partial charge in [-0.3, -0.25) is 0 Å². The van der Waals surface area contributed by atoms with Crippen LogP contribution in [0.2, 0.25) is 0 Å². The molecule has 3 nitrogen and oxygen atoms in total. The molecule has 3 rings (SSSR count). The SMILES string of the molecule is CC1CCC(c2cccc(N3CCN(C)CC3)c2)NC1. The molecule has 2 aliphatic heterocycles. The van der Waals surface area contributed by atoms with Gasteiger partial charge in [-0.2, -0.15) is 0 Å². The fourth-order valence-electron chi connectivity index (χ4n) is 3.29. The van der Waals surface area contributed by atoms with Crippen LogP contribution in [-0.2, 0) is 0 Å². The summed E-state index contributed by atoms with van der Waals surface area (Å²) in [5, 5.41) is 3.70.